The van der Waals surface area contributed by atoms with Crippen molar-refractivity contribution in [2.45, 2.75) is 59.1 Å². The van der Waals surface area contributed by atoms with Gasteiger partial charge in [0.15, 0.2) is 0 Å². The van der Waals surface area contributed by atoms with E-state index in [4.69, 9.17) is 16.3 Å². The van der Waals surface area contributed by atoms with Crippen molar-refractivity contribution in [3.05, 3.63) is 23.2 Å². The standard InChI is InChI=1S/C17H26ClNO/c1-11(2)20-16-9-8-14(10-15(16)18)19-17-12(3)6-5-7-13(17)4/h8-13,17,19H,5-7H2,1-4H3. The molecule has 1 N–H and O–H groups in total. The summed E-state index contributed by atoms with van der Waals surface area (Å²) in [6, 6.07) is 6.55. The monoisotopic (exact) mass is 295 g/mol. The lowest BCUT2D eigenvalue weighted by Crippen LogP contribution is -2.37. The Morgan fingerprint density at radius 3 is 2.40 bits per heavy atom. The molecule has 2 nitrogen and oxygen atoms in total. The second-order valence-electron chi connectivity index (χ2n) is 6.37. The van der Waals surface area contributed by atoms with Gasteiger partial charge in [0.1, 0.15) is 5.75 Å². The molecule has 0 saturated heterocycles. The Balaban J connectivity index is 2.07. The summed E-state index contributed by atoms with van der Waals surface area (Å²) < 4.78 is 5.67. The lowest BCUT2D eigenvalue weighted by molar-refractivity contribution is 0.242. The number of nitrogens with one attached hydrogen (secondary N) is 1. The summed E-state index contributed by atoms with van der Waals surface area (Å²) in [6.45, 7) is 8.69. The van der Waals surface area contributed by atoms with Gasteiger partial charge in [-0.1, -0.05) is 31.9 Å². The maximum absolute atomic E-state index is 6.30. The van der Waals surface area contributed by atoms with Crippen molar-refractivity contribution < 1.29 is 4.74 Å². The van der Waals surface area contributed by atoms with E-state index in [9.17, 15) is 0 Å². The first-order valence-corrected chi connectivity index (χ1v) is 8.08. The van der Waals surface area contributed by atoms with E-state index in [1.54, 1.807) is 0 Å². The number of halogens is 1. The molecule has 1 aliphatic carbocycles. The highest BCUT2D eigenvalue weighted by atomic mass is 35.5. The highest BCUT2D eigenvalue weighted by Crippen LogP contribution is 2.33. The molecule has 0 bridgehead atoms. The fourth-order valence-electron chi connectivity index (χ4n) is 3.10. The summed E-state index contributed by atoms with van der Waals surface area (Å²) in [5.41, 5.74) is 1.09. The van der Waals surface area contributed by atoms with Crippen LogP contribution in [-0.4, -0.2) is 12.1 Å². The van der Waals surface area contributed by atoms with Crippen LogP contribution in [0.15, 0.2) is 18.2 Å². The summed E-state index contributed by atoms with van der Waals surface area (Å²) in [6.07, 6.45) is 4.11. The number of anilines is 1. The topological polar surface area (TPSA) is 21.3 Å². The number of hydrogen-bond acceptors (Lipinski definition) is 2. The minimum atomic E-state index is 0.143. The van der Waals surface area contributed by atoms with E-state index in [0.29, 0.717) is 22.9 Å². The molecule has 112 valence electrons. The third kappa shape index (κ3) is 3.82. The molecule has 1 aliphatic rings. The molecule has 2 unspecified atom stereocenters. The van der Waals surface area contributed by atoms with E-state index in [1.165, 1.54) is 19.3 Å². The number of rotatable bonds is 4. The summed E-state index contributed by atoms with van der Waals surface area (Å²) in [5, 5.41) is 4.34. The van der Waals surface area contributed by atoms with Gasteiger partial charge in [-0.15, -0.1) is 0 Å². The smallest absolute Gasteiger partial charge is 0.138 e. The Morgan fingerprint density at radius 2 is 1.85 bits per heavy atom. The average molecular weight is 296 g/mol. The maximum Gasteiger partial charge on any atom is 0.138 e. The normalized spacial score (nSPS) is 26.6. The van der Waals surface area contributed by atoms with Gasteiger partial charge >= 0.3 is 0 Å². The van der Waals surface area contributed by atoms with E-state index in [0.717, 1.165) is 11.4 Å². The Labute approximate surface area is 127 Å². The summed E-state index contributed by atoms with van der Waals surface area (Å²) in [7, 11) is 0. The van der Waals surface area contributed by atoms with Crippen LogP contribution in [0.3, 0.4) is 0 Å². The minimum absolute atomic E-state index is 0.143. The van der Waals surface area contributed by atoms with Gasteiger partial charge in [-0.25, -0.2) is 0 Å². The van der Waals surface area contributed by atoms with E-state index in [2.05, 4.69) is 25.2 Å². The van der Waals surface area contributed by atoms with Crippen LogP contribution in [0.1, 0.15) is 47.0 Å². The Hall–Kier alpha value is -0.890. The lowest BCUT2D eigenvalue weighted by Gasteiger charge is -2.36. The first-order valence-electron chi connectivity index (χ1n) is 7.70. The molecule has 0 heterocycles. The maximum atomic E-state index is 6.30. The van der Waals surface area contributed by atoms with Crippen molar-refractivity contribution in [1.29, 1.82) is 0 Å². The van der Waals surface area contributed by atoms with Gasteiger partial charge < -0.3 is 10.1 Å². The van der Waals surface area contributed by atoms with Crippen LogP contribution in [0.5, 0.6) is 5.75 Å². The van der Waals surface area contributed by atoms with Gasteiger partial charge in [0.2, 0.25) is 0 Å². The number of benzene rings is 1. The lowest BCUT2D eigenvalue weighted by atomic mass is 9.78. The summed E-state index contributed by atoms with van der Waals surface area (Å²) in [5.74, 6) is 2.19. The highest BCUT2D eigenvalue weighted by molar-refractivity contribution is 6.32. The van der Waals surface area contributed by atoms with Crippen LogP contribution in [0, 0.1) is 11.8 Å². The molecule has 0 aromatic heterocycles. The first kappa shape index (κ1) is 15.5. The molecule has 3 heteroatoms. The number of ether oxygens (including phenoxy) is 1. The van der Waals surface area contributed by atoms with Gasteiger partial charge in [-0.05, 0) is 56.7 Å². The zero-order valence-corrected chi connectivity index (χ0v) is 13.7. The quantitative estimate of drug-likeness (QED) is 0.807. The zero-order chi connectivity index (χ0) is 14.7. The Morgan fingerprint density at radius 1 is 1.20 bits per heavy atom. The van der Waals surface area contributed by atoms with Gasteiger partial charge in [0.05, 0.1) is 11.1 Å². The molecule has 1 saturated carbocycles. The van der Waals surface area contributed by atoms with E-state index in [-0.39, 0.29) is 6.10 Å². The molecule has 0 radical (unpaired) electrons. The van der Waals surface area contributed by atoms with Gasteiger partial charge in [0.25, 0.3) is 0 Å². The molecule has 20 heavy (non-hydrogen) atoms. The average Bonchev–Trinajstić information content (AvgIpc) is 2.37. The third-order valence-electron chi connectivity index (χ3n) is 4.17. The molecule has 0 aliphatic heterocycles. The van der Waals surface area contributed by atoms with Crippen LogP contribution >= 0.6 is 11.6 Å². The minimum Gasteiger partial charge on any atom is -0.489 e. The van der Waals surface area contributed by atoms with Crippen LogP contribution in [0.4, 0.5) is 5.69 Å². The molecule has 1 aromatic rings. The van der Waals surface area contributed by atoms with E-state index in [1.807, 2.05) is 26.0 Å². The molecule has 1 fully saturated rings. The zero-order valence-electron chi connectivity index (χ0n) is 12.9. The van der Waals surface area contributed by atoms with Gasteiger partial charge in [-0.2, -0.15) is 0 Å². The Kier molecular flexibility index (Phi) is 5.20. The fraction of sp³-hybridized carbons (Fsp3) is 0.647. The van der Waals surface area contributed by atoms with Crippen molar-refractivity contribution in [2.24, 2.45) is 11.8 Å². The van der Waals surface area contributed by atoms with Crippen LogP contribution in [0.2, 0.25) is 5.02 Å². The van der Waals surface area contributed by atoms with Crippen molar-refractivity contribution in [1.82, 2.24) is 0 Å². The van der Waals surface area contributed by atoms with Crippen molar-refractivity contribution >= 4 is 17.3 Å². The second-order valence-corrected chi connectivity index (χ2v) is 6.77. The number of hydrogen-bond donors (Lipinski definition) is 1. The van der Waals surface area contributed by atoms with Crippen molar-refractivity contribution in [3.63, 3.8) is 0 Å². The highest BCUT2D eigenvalue weighted by Gasteiger charge is 2.27. The largest absolute Gasteiger partial charge is 0.489 e. The second kappa shape index (κ2) is 6.71. The van der Waals surface area contributed by atoms with Crippen LogP contribution in [-0.2, 0) is 0 Å². The fourth-order valence-corrected chi connectivity index (χ4v) is 3.32. The molecule has 1 aromatic carbocycles. The summed E-state index contributed by atoms with van der Waals surface area (Å²) >= 11 is 6.30. The summed E-state index contributed by atoms with van der Waals surface area (Å²) in [4.78, 5) is 0. The molecule has 0 amide bonds. The predicted molar refractivity (Wildman–Crippen MR) is 86.8 cm³/mol. The van der Waals surface area contributed by atoms with Crippen molar-refractivity contribution in [2.75, 3.05) is 5.32 Å². The molecule has 2 atom stereocenters. The predicted octanol–water partition coefficient (Wildman–Crippen LogP) is 5.36. The van der Waals surface area contributed by atoms with Gasteiger partial charge in [-0.3, -0.25) is 0 Å². The third-order valence-corrected chi connectivity index (χ3v) is 4.47. The van der Waals surface area contributed by atoms with Crippen LogP contribution < -0.4 is 10.1 Å². The molecular formula is C17H26ClNO. The SMILES string of the molecule is CC(C)Oc1ccc(NC2C(C)CCCC2C)cc1Cl. The Bertz CT molecular complexity index is 437. The van der Waals surface area contributed by atoms with Crippen LogP contribution in [0.25, 0.3) is 0 Å². The molecular weight excluding hydrogens is 270 g/mol. The van der Waals surface area contributed by atoms with E-state index < -0.39 is 0 Å². The van der Waals surface area contributed by atoms with Gasteiger partial charge in [0, 0.05) is 11.7 Å². The molecule has 2 rings (SSSR count). The first-order chi connectivity index (χ1) is 9.47. The molecule has 0 spiro atoms. The van der Waals surface area contributed by atoms with Crippen molar-refractivity contribution in [3.8, 4) is 5.75 Å². The van der Waals surface area contributed by atoms with E-state index >= 15 is 0 Å².